The van der Waals surface area contributed by atoms with Gasteiger partial charge in [0.05, 0.1) is 37.7 Å². The first-order valence-electron chi connectivity index (χ1n) is 11.7. The average molecular weight is 445 g/mol. The van der Waals surface area contributed by atoms with Crippen molar-refractivity contribution in [3.63, 3.8) is 0 Å². The van der Waals surface area contributed by atoms with Crippen molar-refractivity contribution in [2.45, 2.75) is 24.8 Å². The minimum absolute atomic E-state index is 0.00108. The first-order chi connectivity index (χ1) is 16.2. The van der Waals surface area contributed by atoms with Crippen LogP contribution in [0.2, 0.25) is 0 Å². The fourth-order valence-electron chi connectivity index (χ4n) is 5.34. The number of anilines is 1. The van der Waals surface area contributed by atoms with E-state index in [9.17, 15) is 4.79 Å². The van der Waals surface area contributed by atoms with Crippen LogP contribution in [-0.2, 0) is 16.7 Å². The number of carbonyl (C=O) groups is 1. The quantitative estimate of drug-likeness (QED) is 0.604. The first kappa shape index (κ1) is 20.4. The zero-order valence-electron chi connectivity index (χ0n) is 18.9. The Balaban J connectivity index is 1.28. The Morgan fingerprint density at radius 1 is 0.939 bits per heavy atom. The third-order valence-corrected chi connectivity index (χ3v) is 7.32. The third kappa shape index (κ3) is 3.26. The monoisotopic (exact) mass is 444 g/mol. The molecule has 1 amide bonds. The van der Waals surface area contributed by atoms with E-state index in [1.54, 1.807) is 11.8 Å². The van der Waals surface area contributed by atoms with Crippen molar-refractivity contribution in [1.29, 1.82) is 0 Å². The van der Waals surface area contributed by atoms with E-state index in [4.69, 9.17) is 9.47 Å². The van der Waals surface area contributed by atoms with E-state index >= 15 is 0 Å². The molecule has 170 valence electrons. The minimum atomic E-state index is -0.0152. The Morgan fingerprint density at radius 3 is 2.27 bits per heavy atom. The molecule has 3 aliphatic heterocycles. The lowest BCUT2D eigenvalue weighted by atomic mass is 9.86. The SMILES string of the molecule is COc1ccc(-n2ncc3c2C(=O)N(c2ccc(C4(N5CCCC5)COC4)cc2)CC3)cc1. The van der Waals surface area contributed by atoms with Crippen LogP contribution in [0.3, 0.4) is 0 Å². The number of hydrogen-bond acceptors (Lipinski definition) is 5. The largest absolute Gasteiger partial charge is 0.497 e. The number of ether oxygens (including phenoxy) is 2. The summed E-state index contributed by atoms with van der Waals surface area (Å²) in [6, 6.07) is 16.1. The van der Waals surface area contributed by atoms with Crippen molar-refractivity contribution in [2.75, 3.05) is 44.9 Å². The van der Waals surface area contributed by atoms with Crippen LogP contribution in [0.15, 0.2) is 54.7 Å². The lowest BCUT2D eigenvalue weighted by molar-refractivity contribution is -0.139. The van der Waals surface area contributed by atoms with E-state index in [-0.39, 0.29) is 11.4 Å². The lowest BCUT2D eigenvalue weighted by Gasteiger charge is -2.48. The van der Waals surface area contributed by atoms with Gasteiger partial charge >= 0.3 is 0 Å². The summed E-state index contributed by atoms with van der Waals surface area (Å²) in [6.45, 7) is 4.42. The minimum Gasteiger partial charge on any atom is -0.497 e. The average Bonchev–Trinajstić information content (AvgIpc) is 3.50. The molecule has 2 aromatic carbocycles. The molecule has 2 fully saturated rings. The van der Waals surface area contributed by atoms with E-state index in [0.29, 0.717) is 12.2 Å². The number of hydrogen-bond donors (Lipinski definition) is 0. The molecule has 0 spiro atoms. The molecule has 1 aromatic heterocycles. The predicted molar refractivity (Wildman–Crippen MR) is 125 cm³/mol. The van der Waals surface area contributed by atoms with Crippen LogP contribution >= 0.6 is 0 Å². The molecule has 0 radical (unpaired) electrons. The highest BCUT2D eigenvalue weighted by Crippen LogP contribution is 2.39. The molecule has 33 heavy (non-hydrogen) atoms. The molecule has 2 saturated heterocycles. The van der Waals surface area contributed by atoms with Crippen molar-refractivity contribution in [3.8, 4) is 11.4 Å². The number of benzene rings is 2. The van der Waals surface area contributed by atoms with Gasteiger partial charge < -0.3 is 14.4 Å². The summed E-state index contributed by atoms with van der Waals surface area (Å²) in [4.78, 5) is 18.0. The fourth-order valence-corrected chi connectivity index (χ4v) is 5.34. The van der Waals surface area contributed by atoms with Gasteiger partial charge in [-0.2, -0.15) is 5.10 Å². The summed E-state index contributed by atoms with van der Waals surface area (Å²) in [5.41, 5.74) is 4.68. The summed E-state index contributed by atoms with van der Waals surface area (Å²) in [7, 11) is 1.64. The van der Waals surface area contributed by atoms with E-state index in [2.05, 4.69) is 34.3 Å². The molecule has 4 heterocycles. The van der Waals surface area contributed by atoms with Crippen LogP contribution in [0.5, 0.6) is 5.75 Å². The van der Waals surface area contributed by atoms with Crippen molar-refractivity contribution >= 4 is 11.6 Å². The fraction of sp³-hybridized carbons (Fsp3) is 0.385. The summed E-state index contributed by atoms with van der Waals surface area (Å²) >= 11 is 0. The number of methoxy groups -OCH3 is 1. The number of nitrogens with zero attached hydrogens (tertiary/aromatic N) is 4. The Bertz CT molecular complexity index is 1160. The van der Waals surface area contributed by atoms with E-state index in [0.717, 1.165) is 55.4 Å². The van der Waals surface area contributed by atoms with Gasteiger partial charge in [0, 0.05) is 17.8 Å². The van der Waals surface area contributed by atoms with Crippen LogP contribution in [0.25, 0.3) is 5.69 Å². The van der Waals surface area contributed by atoms with Crippen LogP contribution in [-0.4, -0.2) is 60.5 Å². The van der Waals surface area contributed by atoms with Crippen LogP contribution in [0.4, 0.5) is 5.69 Å². The molecule has 3 aliphatic rings. The summed E-state index contributed by atoms with van der Waals surface area (Å²) in [5, 5.41) is 4.52. The van der Waals surface area contributed by atoms with Crippen molar-refractivity contribution < 1.29 is 14.3 Å². The van der Waals surface area contributed by atoms with Gasteiger partial charge in [0.15, 0.2) is 0 Å². The zero-order valence-corrected chi connectivity index (χ0v) is 18.9. The molecule has 3 aromatic rings. The topological polar surface area (TPSA) is 59.8 Å². The summed E-state index contributed by atoms with van der Waals surface area (Å²) in [5.74, 6) is 0.759. The van der Waals surface area contributed by atoms with E-state index in [1.807, 2.05) is 35.4 Å². The van der Waals surface area contributed by atoms with Crippen molar-refractivity contribution in [3.05, 3.63) is 71.5 Å². The molecule has 0 aliphatic carbocycles. The number of carbonyl (C=O) groups excluding carboxylic acids is 1. The molecular weight excluding hydrogens is 416 g/mol. The molecule has 6 rings (SSSR count). The number of amides is 1. The maximum Gasteiger partial charge on any atom is 0.277 e. The lowest BCUT2D eigenvalue weighted by Crippen LogP contribution is -2.58. The van der Waals surface area contributed by atoms with Gasteiger partial charge in [-0.15, -0.1) is 0 Å². The van der Waals surface area contributed by atoms with Crippen LogP contribution < -0.4 is 9.64 Å². The maximum absolute atomic E-state index is 13.6. The molecular formula is C26H28N4O3. The number of aromatic nitrogens is 2. The van der Waals surface area contributed by atoms with Gasteiger partial charge in [0.2, 0.25) is 0 Å². The summed E-state index contributed by atoms with van der Waals surface area (Å²) in [6.07, 6.45) is 5.11. The molecule has 7 heteroatoms. The van der Waals surface area contributed by atoms with Gasteiger partial charge in [0.1, 0.15) is 11.4 Å². The third-order valence-electron chi connectivity index (χ3n) is 7.32. The molecule has 0 saturated carbocycles. The molecule has 0 N–H and O–H groups in total. The van der Waals surface area contributed by atoms with E-state index in [1.165, 1.54) is 18.4 Å². The van der Waals surface area contributed by atoms with E-state index < -0.39 is 0 Å². The van der Waals surface area contributed by atoms with Crippen LogP contribution in [0.1, 0.15) is 34.5 Å². The Kier molecular flexibility index (Phi) is 4.96. The standard InChI is InChI=1S/C26H28N4O3/c1-32-23-10-8-22(9-11-23)30-24-19(16-27-30)12-15-29(25(24)31)21-6-4-20(5-7-21)26(17-33-18-26)28-13-2-3-14-28/h4-11,16H,2-3,12-15,17-18H2,1H3. The number of rotatable bonds is 5. The highest BCUT2D eigenvalue weighted by atomic mass is 16.5. The molecule has 0 unspecified atom stereocenters. The number of likely N-dealkylation sites (tertiary alicyclic amines) is 1. The second-order valence-corrected chi connectivity index (χ2v) is 9.10. The second-order valence-electron chi connectivity index (χ2n) is 9.10. The normalized spacial score (nSPS) is 19.9. The Labute approximate surface area is 193 Å². The first-order valence-corrected chi connectivity index (χ1v) is 11.7. The van der Waals surface area contributed by atoms with Crippen molar-refractivity contribution in [1.82, 2.24) is 14.7 Å². The molecule has 7 nitrogen and oxygen atoms in total. The van der Waals surface area contributed by atoms with Gasteiger partial charge in [-0.3, -0.25) is 9.69 Å². The highest BCUT2D eigenvalue weighted by Gasteiger charge is 2.46. The summed E-state index contributed by atoms with van der Waals surface area (Å²) < 4.78 is 12.6. The predicted octanol–water partition coefficient (Wildman–Crippen LogP) is 3.41. The zero-order chi connectivity index (χ0) is 22.4. The molecule has 0 atom stereocenters. The van der Waals surface area contributed by atoms with Crippen molar-refractivity contribution in [2.24, 2.45) is 0 Å². The maximum atomic E-state index is 13.6. The van der Waals surface area contributed by atoms with Crippen LogP contribution in [0, 0.1) is 0 Å². The molecule has 0 bridgehead atoms. The highest BCUT2D eigenvalue weighted by molar-refractivity contribution is 6.07. The Morgan fingerprint density at radius 2 is 1.64 bits per heavy atom. The smallest absolute Gasteiger partial charge is 0.277 e. The Hall–Kier alpha value is -3.16. The van der Waals surface area contributed by atoms with Gasteiger partial charge in [-0.1, -0.05) is 12.1 Å². The number of fused-ring (bicyclic) bond motifs is 1. The van der Waals surface area contributed by atoms with Gasteiger partial charge in [-0.25, -0.2) is 4.68 Å². The second kappa shape index (κ2) is 8.01. The van der Waals surface area contributed by atoms with Gasteiger partial charge in [0.25, 0.3) is 5.91 Å². The van der Waals surface area contributed by atoms with Gasteiger partial charge in [-0.05, 0) is 74.3 Å².